The van der Waals surface area contributed by atoms with E-state index in [0.29, 0.717) is 23.4 Å². The molecule has 0 atom stereocenters. The molecule has 1 aliphatic rings. The normalized spacial score (nSPS) is 14.5. The summed E-state index contributed by atoms with van der Waals surface area (Å²) in [6, 6.07) is 20.4. The number of Topliss-reactive ketones (excluding diaryl/α,β-unsaturated/α-hetero) is 1. The van der Waals surface area contributed by atoms with E-state index in [-0.39, 0.29) is 30.6 Å². The lowest BCUT2D eigenvalue weighted by molar-refractivity contribution is 0.0922. The molecule has 0 amide bonds. The molecule has 0 N–H and O–H groups in total. The Bertz CT molecular complexity index is 940. The number of rotatable bonds is 7. The fourth-order valence-electron chi connectivity index (χ4n) is 3.89. The van der Waals surface area contributed by atoms with Gasteiger partial charge in [0.2, 0.25) is 0 Å². The average molecular weight is 462 g/mol. The average Bonchev–Trinajstić information content (AvgIpc) is 3.16. The van der Waals surface area contributed by atoms with Crippen LogP contribution in [-0.2, 0) is 6.54 Å². The monoisotopic (exact) mass is 461 g/mol. The van der Waals surface area contributed by atoms with Gasteiger partial charge in [-0.15, -0.1) is 24.8 Å². The van der Waals surface area contributed by atoms with Gasteiger partial charge < -0.3 is 9.42 Å². The largest absolute Gasteiger partial charge is 0.360 e. The van der Waals surface area contributed by atoms with E-state index in [1.807, 2.05) is 37.3 Å². The first-order valence-corrected chi connectivity index (χ1v) is 10.2. The summed E-state index contributed by atoms with van der Waals surface area (Å²) in [5, 5.41) is 4.14. The number of carbonyl (C=O) groups excluding carboxylic acids is 1. The first-order chi connectivity index (χ1) is 14.2. The first-order valence-electron chi connectivity index (χ1n) is 10.2. The van der Waals surface area contributed by atoms with Gasteiger partial charge in [-0.2, -0.15) is 0 Å². The van der Waals surface area contributed by atoms with Crippen molar-refractivity contribution in [1.82, 2.24) is 15.0 Å². The Kier molecular flexibility index (Phi) is 9.72. The molecule has 0 spiro atoms. The van der Waals surface area contributed by atoms with Gasteiger partial charge in [-0.1, -0.05) is 65.8 Å². The minimum atomic E-state index is 0. The third kappa shape index (κ3) is 6.40. The SMILES string of the molecule is Cc1onc(-c2ccccc2)c1C(=O)CCN1CCN(Cc2ccccc2)CC1.Cl.Cl. The number of nitrogens with zero attached hydrogens (tertiary/aromatic N) is 3. The molecule has 1 fully saturated rings. The van der Waals surface area contributed by atoms with Gasteiger partial charge in [0.05, 0.1) is 5.56 Å². The molecule has 0 bridgehead atoms. The molecule has 4 rings (SSSR count). The summed E-state index contributed by atoms with van der Waals surface area (Å²) in [6.45, 7) is 7.64. The minimum Gasteiger partial charge on any atom is -0.360 e. The van der Waals surface area contributed by atoms with E-state index in [0.717, 1.165) is 44.8 Å². The highest BCUT2D eigenvalue weighted by molar-refractivity contribution is 6.02. The summed E-state index contributed by atoms with van der Waals surface area (Å²) < 4.78 is 5.34. The zero-order chi connectivity index (χ0) is 20.1. The maximum atomic E-state index is 12.9. The van der Waals surface area contributed by atoms with Crippen molar-refractivity contribution < 1.29 is 9.32 Å². The fourth-order valence-corrected chi connectivity index (χ4v) is 3.89. The van der Waals surface area contributed by atoms with E-state index < -0.39 is 0 Å². The van der Waals surface area contributed by atoms with Crippen LogP contribution in [0.3, 0.4) is 0 Å². The summed E-state index contributed by atoms with van der Waals surface area (Å²) in [4.78, 5) is 17.8. The van der Waals surface area contributed by atoms with Crippen LogP contribution >= 0.6 is 24.8 Å². The number of ketones is 1. The molecule has 1 aromatic heterocycles. The standard InChI is InChI=1S/C24H27N3O2.2ClH/c1-19-23(24(25-29-19)21-10-6-3-7-11-21)22(28)12-13-26-14-16-27(17-15-26)18-20-8-4-2-5-9-20;;/h2-11H,12-18H2,1H3;2*1H. The molecule has 31 heavy (non-hydrogen) atoms. The van der Waals surface area contributed by atoms with E-state index in [9.17, 15) is 4.79 Å². The molecule has 2 heterocycles. The van der Waals surface area contributed by atoms with Crippen molar-refractivity contribution in [3.05, 3.63) is 77.6 Å². The van der Waals surface area contributed by atoms with Crippen molar-refractivity contribution >= 4 is 30.6 Å². The summed E-state index contributed by atoms with van der Waals surface area (Å²) in [5.74, 6) is 0.704. The molecular formula is C24H29Cl2N3O2. The molecule has 166 valence electrons. The quantitative estimate of drug-likeness (QED) is 0.469. The van der Waals surface area contributed by atoms with Crippen molar-refractivity contribution in [2.24, 2.45) is 0 Å². The van der Waals surface area contributed by atoms with E-state index >= 15 is 0 Å². The highest BCUT2D eigenvalue weighted by Crippen LogP contribution is 2.26. The number of piperazine rings is 1. The summed E-state index contributed by atoms with van der Waals surface area (Å²) >= 11 is 0. The van der Waals surface area contributed by atoms with Gasteiger partial charge in [0.25, 0.3) is 0 Å². The molecule has 0 unspecified atom stereocenters. The van der Waals surface area contributed by atoms with Crippen LogP contribution in [-0.4, -0.2) is 53.5 Å². The molecule has 3 aromatic rings. The van der Waals surface area contributed by atoms with E-state index in [2.05, 4.69) is 45.3 Å². The number of benzene rings is 2. The van der Waals surface area contributed by atoms with Gasteiger partial charge in [-0.3, -0.25) is 9.69 Å². The van der Waals surface area contributed by atoms with Crippen LogP contribution in [0.15, 0.2) is 65.2 Å². The predicted octanol–water partition coefficient (Wildman–Crippen LogP) is 4.88. The van der Waals surface area contributed by atoms with Crippen molar-refractivity contribution in [3.8, 4) is 11.3 Å². The Morgan fingerprint density at radius 2 is 1.48 bits per heavy atom. The molecule has 0 radical (unpaired) electrons. The maximum Gasteiger partial charge on any atom is 0.169 e. The van der Waals surface area contributed by atoms with Gasteiger partial charge in [0, 0.05) is 51.3 Å². The number of aromatic nitrogens is 1. The Morgan fingerprint density at radius 3 is 2.13 bits per heavy atom. The van der Waals surface area contributed by atoms with Crippen LogP contribution in [0.2, 0.25) is 0 Å². The number of hydrogen-bond donors (Lipinski definition) is 0. The number of carbonyl (C=O) groups is 1. The molecule has 5 nitrogen and oxygen atoms in total. The second-order valence-corrected chi connectivity index (χ2v) is 7.60. The smallest absolute Gasteiger partial charge is 0.169 e. The lowest BCUT2D eigenvalue weighted by atomic mass is 10.0. The topological polar surface area (TPSA) is 49.6 Å². The Morgan fingerprint density at radius 1 is 0.903 bits per heavy atom. The van der Waals surface area contributed by atoms with Gasteiger partial charge in [-0.05, 0) is 12.5 Å². The van der Waals surface area contributed by atoms with Gasteiger partial charge in [0.15, 0.2) is 5.78 Å². The summed E-state index contributed by atoms with van der Waals surface area (Å²) in [6.07, 6.45) is 0.487. The van der Waals surface area contributed by atoms with Crippen LogP contribution in [0, 0.1) is 6.92 Å². The van der Waals surface area contributed by atoms with Crippen LogP contribution < -0.4 is 0 Å². The molecule has 2 aromatic carbocycles. The molecule has 0 aliphatic carbocycles. The molecule has 1 saturated heterocycles. The maximum absolute atomic E-state index is 12.9. The second-order valence-electron chi connectivity index (χ2n) is 7.60. The van der Waals surface area contributed by atoms with Crippen molar-refractivity contribution in [1.29, 1.82) is 0 Å². The fraction of sp³-hybridized carbons (Fsp3) is 0.333. The van der Waals surface area contributed by atoms with Crippen molar-refractivity contribution in [2.75, 3.05) is 32.7 Å². The van der Waals surface area contributed by atoms with Gasteiger partial charge >= 0.3 is 0 Å². The first kappa shape index (κ1) is 25.1. The third-order valence-electron chi connectivity index (χ3n) is 5.56. The number of hydrogen-bond acceptors (Lipinski definition) is 5. The van der Waals surface area contributed by atoms with Crippen molar-refractivity contribution in [2.45, 2.75) is 19.9 Å². The minimum absolute atomic E-state index is 0. The highest BCUT2D eigenvalue weighted by Gasteiger charge is 2.23. The zero-order valence-electron chi connectivity index (χ0n) is 17.7. The zero-order valence-corrected chi connectivity index (χ0v) is 19.3. The molecule has 7 heteroatoms. The number of aryl methyl sites for hydroxylation is 1. The Hall–Kier alpha value is -2.18. The third-order valence-corrected chi connectivity index (χ3v) is 5.56. The second kappa shape index (κ2) is 12.0. The highest BCUT2D eigenvalue weighted by atomic mass is 35.5. The molecular weight excluding hydrogens is 433 g/mol. The van der Waals surface area contributed by atoms with Crippen LogP contribution in [0.25, 0.3) is 11.3 Å². The Labute approximate surface area is 196 Å². The predicted molar refractivity (Wildman–Crippen MR) is 128 cm³/mol. The van der Waals surface area contributed by atoms with E-state index in [1.165, 1.54) is 5.56 Å². The summed E-state index contributed by atoms with van der Waals surface area (Å²) in [5.41, 5.74) is 3.55. The van der Waals surface area contributed by atoms with E-state index in [4.69, 9.17) is 4.52 Å². The lowest BCUT2D eigenvalue weighted by Crippen LogP contribution is -2.46. The number of halogens is 2. The van der Waals surface area contributed by atoms with Crippen LogP contribution in [0.4, 0.5) is 0 Å². The van der Waals surface area contributed by atoms with Crippen molar-refractivity contribution in [3.63, 3.8) is 0 Å². The molecule has 1 aliphatic heterocycles. The Balaban J connectivity index is 0.00000171. The lowest BCUT2D eigenvalue weighted by Gasteiger charge is -2.34. The van der Waals surface area contributed by atoms with E-state index in [1.54, 1.807) is 0 Å². The molecule has 0 saturated carbocycles. The summed E-state index contributed by atoms with van der Waals surface area (Å²) in [7, 11) is 0. The van der Waals surface area contributed by atoms with Crippen LogP contribution in [0.5, 0.6) is 0 Å². The van der Waals surface area contributed by atoms with Gasteiger partial charge in [-0.25, -0.2) is 0 Å². The van der Waals surface area contributed by atoms with Crippen LogP contribution in [0.1, 0.15) is 28.1 Å². The van der Waals surface area contributed by atoms with Gasteiger partial charge in [0.1, 0.15) is 11.5 Å².